The van der Waals surface area contributed by atoms with Crippen LogP contribution in [-0.2, 0) is 6.42 Å². The second-order valence-electron chi connectivity index (χ2n) is 6.20. The number of hydrogen-bond donors (Lipinski definition) is 2. The van der Waals surface area contributed by atoms with Crippen molar-refractivity contribution in [3.05, 3.63) is 108 Å². The molecule has 0 spiro atoms. The van der Waals surface area contributed by atoms with Crippen molar-refractivity contribution in [2.24, 2.45) is 11.5 Å². The predicted molar refractivity (Wildman–Crippen MR) is 108 cm³/mol. The first kappa shape index (κ1) is 16.6. The highest BCUT2D eigenvalue weighted by molar-refractivity contribution is 5.68. The van der Waals surface area contributed by atoms with Gasteiger partial charge in [-0.05, 0) is 39.8 Å². The van der Waals surface area contributed by atoms with Crippen LogP contribution in [0.2, 0.25) is 0 Å². The van der Waals surface area contributed by atoms with E-state index in [-0.39, 0.29) is 0 Å². The minimum Gasteiger partial charge on any atom is -0.399 e. The highest BCUT2D eigenvalue weighted by Gasteiger charge is 2.02. The second-order valence-corrected chi connectivity index (χ2v) is 6.20. The van der Waals surface area contributed by atoms with E-state index in [1.807, 2.05) is 24.3 Å². The van der Waals surface area contributed by atoms with Crippen molar-refractivity contribution in [2.45, 2.75) is 6.42 Å². The minimum absolute atomic E-state index is 0.589. The van der Waals surface area contributed by atoms with Crippen molar-refractivity contribution in [3.8, 4) is 11.1 Å². The number of benzene rings is 3. The molecule has 124 valence electrons. The van der Waals surface area contributed by atoms with E-state index in [2.05, 4.69) is 61.7 Å². The zero-order valence-corrected chi connectivity index (χ0v) is 14.2. The van der Waals surface area contributed by atoms with Gasteiger partial charge < -0.3 is 11.5 Å². The third-order valence-corrected chi connectivity index (χ3v) is 4.28. The van der Waals surface area contributed by atoms with Gasteiger partial charge in [0.25, 0.3) is 0 Å². The normalized spacial score (nSPS) is 10.4. The average molecular weight is 326 g/mol. The summed E-state index contributed by atoms with van der Waals surface area (Å²) in [6.45, 7) is 7.52. The highest BCUT2D eigenvalue weighted by Crippen LogP contribution is 2.22. The van der Waals surface area contributed by atoms with Gasteiger partial charge in [0, 0.05) is 11.4 Å². The minimum atomic E-state index is 0.589. The van der Waals surface area contributed by atoms with Crippen LogP contribution in [0.3, 0.4) is 0 Å². The van der Waals surface area contributed by atoms with Gasteiger partial charge in [0.2, 0.25) is 0 Å². The Hall–Kier alpha value is -3.26. The maximum Gasteiger partial charge on any atom is 0.0314 e. The first-order valence-corrected chi connectivity index (χ1v) is 8.21. The quantitative estimate of drug-likeness (QED) is 0.707. The molecule has 0 unspecified atom stereocenters. The smallest absolute Gasteiger partial charge is 0.0314 e. The summed E-state index contributed by atoms with van der Waals surface area (Å²) in [4.78, 5) is 0. The molecular formula is C23H22N2. The van der Waals surface area contributed by atoms with Crippen LogP contribution in [0.25, 0.3) is 22.5 Å². The molecule has 25 heavy (non-hydrogen) atoms. The summed E-state index contributed by atoms with van der Waals surface area (Å²) < 4.78 is 0. The summed E-state index contributed by atoms with van der Waals surface area (Å²) in [6.07, 6.45) is 0.892. The van der Waals surface area contributed by atoms with Crippen molar-refractivity contribution in [3.63, 3.8) is 0 Å². The van der Waals surface area contributed by atoms with Crippen molar-refractivity contribution in [1.29, 1.82) is 0 Å². The van der Waals surface area contributed by atoms with Crippen LogP contribution in [0, 0.1) is 0 Å². The third kappa shape index (κ3) is 3.99. The molecule has 0 bridgehead atoms. The molecule has 0 saturated carbocycles. The first-order valence-electron chi connectivity index (χ1n) is 8.21. The summed E-state index contributed by atoms with van der Waals surface area (Å²) in [5.74, 6) is 0. The molecule has 2 heteroatoms. The van der Waals surface area contributed by atoms with Crippen LogP contribution >= 0.6 is 0 Å². The molecule has 0 radical (unpaired) electrons. The van der Waals surface area contributed by atoms with Crippen LogP contribution in [0.1, 0.15) is 22.3 Å². The number of hydrogen-bond acceptors (Lipinski definition) is 2. The summed E-state index contributed by atoms with van der Waals surface area (Å²) in [7, 11) is 0. The Morgan fingerprint density at radius 3 is 1.28 bits per heavy atom. The molecule has 3 aromatic rings. The summed E-state index contributed by atoms with van der Waals surface area (Å²) in [6, 6.07) is 25.0. The fourth-order valence-electron chi connectivity index (χ4n) is 2.76. The number of rotatable bonds is 5. The number of nitrogens with two attached hydrogens (primary N) is 2. The molecule has 0 aliphatic rings. The van der Waals surface area contributed by atoms with Gasteiger partial charge in [0.05, 0.1) is 0 Å². The standard InChI is InChI=1S/C23H22N2/c1-16(24)20-7-3-18(4-8-20)15-19-5-9-22(10-6-19)23-13-11-21(12-14-23)17(2)25/h3-14H,1-2,15,24-25H2. The van der Waals surface area contributed by atoms with Crippen LogP contribution in [-0.4, -0.2) is 0 Å². The van der Waals surface area contributed by atoms with E-state index in [0.29, 0.717) is 11.4 Å². The molecule has 0 saturated heterocycles. The van der Waals surface area contributed by atoms with E-state index in [9.17, 15) is 0 Å². The van der Waals surface area contributed by atoms with Gasteiger partial charge in [-0.3, -0.25) is 0 Å². The van der Waals surface area contributed by atoms with Gasteiger partial charge >= 0.3 is 0 Å². The monoisotopic (exact) mass is 326 g/mol. The lowest BCUT2D eigenvalue weighted by Crippen LogP contribution is -1.94. The largest absolute Gasteiger partial charge is 0.399 e. The lowest BCUT2D eigenvalue weighted by atomic mass is 9.99. The van der Waals surface area contributed by atoms with Gasteiger partial charge in [0.15, 0.2) is 0 Å². The fourth-order valence-corrected chi connectivity index (χ4v) is 2.76. The predicted octanol–water partition coefficient (Wildman–Crippen LogP) is 4.80. The lowest BCUT2D eigenvalue weighted by molar-refractivity contribution is 1.19. The van der Waals surface area contributed by atoms with Crippen molar-refractivity contribution < 1.29 is 0 Å². The third-order valence-electron chi connectivity index (χ3n) is 4.28. The molecule has 2 nitrogen and oxygen atoms in total. The Balaban J connectivity index is 1.73. The molecule has 4 N–H and O–H groups in total. The molecule has 0 heterocycles. The molecule has 3 aromatic carbocycles. The molecule has 0 aliphatic carbocycles. The van der Waals surface area contributed by atoms with Gasteiger partial charge in [-0.25, -0.2) is 0 Å². The lowest BCUT2D eigenvalue weighted by Gasteiger charge is -2.07. The zero-order chi connectivity index (χ0) is 17.8. The first-order chi connectivity index (χ1) is 12.0. The van der Waals surface area contributed by atoms with Gasteiger partial charge in [-0.1, -0.05) is 86.0 Å². The van der Waals surface area contributed by atoms with Crippen molar-refractivity contribution in [1.82, 2.24) is 0 Å². The van der Waals surface area contributed by atoms with E-state index in [1.165, 1.54) is 22.3 Å². The van der Waals surface area contributed by atoms with E-state index >= 15 is 0 Å². The Labute approximate surface area is 149 Å². The Bertz CT molecular complexity index is 886. The molecule has 0 atom stereocenters. The van der Waals surface area contributed by atoms with Gasteiger partial charge in [0.1, 0.15) is 0 Å². The van der Waals surface area contributed by atoms with E-state index < -0.39 is 0 Å². The molecule has 0 aromatic heterocycles. The van der Waals surface area contributed by atoms with E-state index in [0.717, 1.165) is 17.5 Å². The van der Waals surface area contributed by atoms with Crippen LogP contribution < -0.4 is 11.5 Å². The zero-order valence-electron chi connectivity index (χ0n) is 14.2. The highest BCUT2D eigenvalue weighted by atomic mass is 14.6. The Morgan fingerprint density at radius 1 is 0.560 bits per heavy atom. The Morgan fingerprint density at radius 2 is 0.880 bits per heavy atom. The van der Waals surface area contributed by atoms with Gasteiger partial charge in [-0.15, -0.1) is 0 Å². The second kappa shape index (κ2) is 7.10. The topological polar surface area (TPSA) is 52.0 Å². The molecule has 3 rings (SSSR count). The molecule has 0 aliphatic heterocycles. The summed E-state index contributed by atoms with van der Waals surface area (Å²) >= 11 is 0. The molecular weight excluding hydrogens is 304 g/mol. The summed E-state index contributed by atoms with van der Waals surface area (Å²) in [5, 5.41) is 0. The summed E-state index contributed by atoms with van der Waals surface area (Å²) in [5.41, 5.74) is 19.4. The van der Waals surface area contributed by atoms with Crippen LogP contribution in [0.4, 0.5) is 0 Å². The van der Waals surface area contributed by atoms with Crippen LogP contribution in [0.15, 0.2) is 86.0 Å². The SMILES string of the molecule is C=C(N)c1ccc(Cc2ccc(-c3ccc(C(=C)N)cc3)cc2)cc1. The van der Waals surface area contributed by atoms with Crippen LogP contribution in [0.5, 0.6) is 0 Å². The fraction of sp³-hybridized carbons (Fsp3) is 0.0435. The molecule has 0 amide bonds. The average Bonchev–Trinajstić information content (AvgIpc) is 2.63. The van der Waals surface area contributed by atoms with E-state index in [4.69, 9.17) is 11.5 Å². The van der Waals surface area contributed by atoms with Crippen molar-refractivity contribution >= 4 is 11.4 Å². The Kier molecular flexibility index (Phi) is 4.71. The van der Waals surface area contributed by atoms with Crippen molar-refractivity contribution in [2.75, 3.05) is 0 Å². The van der Waals surface area contributed by atoms with E-state index in [1.54, 1.807) is 0 Å². The maximum atomic E-state index is 5.72. The van der Waals surface area contributed by atoms with Gasteiger partial charge in [-0.2, -0.15) is 0 Å². The maximum absolute atomic E-state index is 5.72. The molecule has 0 fully saturated rings.